The van der Waals surface area contributed by atoms with Crippen LogP contribution in [0.3, 0.4) is 0 Å². The van der Waals surface area contributed by atoms with Crippen molar-refractivity contribution in [3.8, 4) is 0 Å². The standard InChI is InChI=1S/C14H18N2O2/c1-8(2)6-9(3)15-10-4-5-11-12(7-10)14(18)16-13(11)17/h4-5,7-9,15H,6H2,1-3H3,(H,16,17,18). The number of fused-ring (bicyclic) bond motifs is 1. The second-order valence-corrected chi connectivity index (χ2v) is 5.22. The molecule has 18 heavy (non-hydrogen) atoms. The third kappa shape index (κ3) is 2.53. The van der Waals surface area contributed by atoms with Crippen molar-refractivity contribution in [3.05, 3.63) is 29.3 Å². The number of amides is 2. The van der Waals surface area contributed by atoms with Gasteiger partial charge in [-0.15, -0.1) is 0 Å². The summed E-state index contributed by atoms with van der Waals surface area (Å²) in [5, 5.41) is 5.64. The SMILES string of the molecule is CC(C)CC(C)Nc1ccc2c(c1)C(=O)NC2=O. The Labute approximate surface area is 107 Å². The van der Waals surface area contributed by atoms with Crippen molar-refractivity contribution >= 4 is 17.5 Å². The molecule has 0 saturated heterocycles. The highest BCUT2D eigenvalue weighted by molar-refractivity contribution is 6.21. The summed E-state index contributed by atoms with van der Waals surface area (Å²) in [5.74, 6) is -0.00116. The fraction of sp³-hybridized carbons (Fsp3) is 0.429. The molecule has 0 radical (unpaired) electrons. The zero-order valence-electron chi connectivity index (χ0n) is 10.9. The first-order valence-corrected chi connectivity index (χ1v) is 6.23. The van der Waals surface area contributed by atoms with Crippen LogP contribution in [0.1, 0.15) is 47.9 Å². The molecular formula is C14H18N2O2. The lowest BCUT2D eigenvalue weighted by Crippen LogP contribution is -2.20. The number of carbonyl (C=O) groups is 2. The summed E-state index contributed by atoms with van der Waals surface area (Å²) in [4.78, 5) is 22.9. The van der Waals surface area contributed by atoms with Crippen LogP contribution in [0.2, 0.25) is 0 Å². The minimum absolute atomic E-state index is 0.309. The number of carbonyl (C=O) groups excluding carboxylic acids is 2. The van der Waals surface area contributed by atoms with Crippen LogP contribution in [0.4, 0.5) is 5.69 Å². The molecule has 96 valence electrons. The van der Waals surface area contributed by atoms with Crippen LogP contribution in [0.5, 0.6) is 0 Å². The number of hydrogen-bond acceptors (Lipinski definition) is 3. The third-order valence-corrected chi connectivity index (χ3v) is 2.97. The van der Waals surface area contributed by atoms with E-state index in [9.17, 15) is 9.59 Å². The summed E-state index contributed by atoms with van der Waals surface area (Å²) in [6.45, 7) is 6.46. The van der Waals surface area contributed by atoms with E-state index in [0.29, 0.717) is 23.1 Å². The van der Waals surface area contributed by atoms with E-state index in [4.69, 9.17) is 0 Å². The van der Waals surface area contributed by atoms with Gasteiger partial charge in [-0.2, -0.15) is 0 Å². The molecule has 0 saturated carbocycles. The maximum Gasteiger partial charge on any atom is 0.259 e. The molecule has 2 amide bonds. The van der Waals surface area contributed by atoms with Crippen LogP contribution in [-0.2, 0) is 0 Å². The number of rotatable bonds is 4. The van der Waals surface area contributed by atoms with Crippen LogP contribution in [-0.4, -0.2) is 17.9 Å². The van der Waals surface area contributed by atoms with Gasteiger partial charge in [-0.3, -0.25) is 14.9 Å². The van der Waals surface area contributed by atoms with Crippen LogP contribution < -0.4 is 10.6 Å². The topological polar surface area (TPSA) is 58.2 Å². The Hall–Kier alpha value is -1.84. The van der Waals surface area contributed by atoms with Crippen molar-refractivity contribution in [2.75, 3.05) is 5.32 Å². The van der Waals surface area contributed by atoms with E-state index in [2.05, 4.69) is 31.4 Å². The van der Waals surface area contributed by atoms with E-state index in [1.807, 2.05) is 6.07 Å². The fourth-order valence-electron chi connectivity index (χ4n) is 2.31. The Morgan fingerprint density at radius 3 is 2.44 bits per heavy atom. The zero-order valence-corrected chi connectivity index (χ0v) is 10.9. The predicted octanol–water partition coefficient (Wildman–Crippen LogP) is 2.42. The van der Waals surface area contributed by atoms with Gasteiger partial charge in [-0.1, -0.05) is 13.8 Å². The summed E-state index contributed by atoms with van der Waals surface area (Å²) >= 11 is 0. The van der Waals surface area contributed by atoms with Crippen molar-refractivity contribution in [1.29, 1.82) is 0 Å². The Morgan fingerprint density at radius 1 is 1.11 bits per heavy atom. The molecule has 0 spiro atoms. The predicted molar refractivity (Wildman–Crippen MR) is 70.8 cm³/mol. The first-order valence-electron chi connectivity index (χ1n) is 6.23. The van der Waals surface area contributed by atoms with Crippen molar-refractivity contribution in [3.63, 3.8) is 0 Å². The van der Waals surface area contributed by atoms with Gasteiger partial charge in [0.25, 0.3) is 11.8 Å². The second-order valence-electron chi connectivity index (χ2n) is 5.22. The molecule has 1 unspecified atom stereocenters. The normalized spacial score (nSPS) is 15.6. The molecule has 0 fully saturated rings. The average molecular weight is 246 g/mol. The number of imide groups is 1. The molecule has 2 N–H and O–H groups in total. The smallest absolute Gasteiger partial charge is 0.259 e. The van der Waals surface area contributed by atoms with Gasteiger partial charge in [0, 0.05) is 11.7 Å². The molecule has 1 aliphatic rings. The van der Waals surface area contributed by atoms with Crippen LogP contribution >= 0.6 is 0 Å². The first-order chi connectivity index (χ1) is 8.47. The molecule has 4 nitrogen and oxygen atoms in total. The monoisotopic (exact) mass is 246 g/mol. The van der Waals surface area contributed by atoms with Crippen LogP contribution in [0.15, 0.2) is 18.2 Å². The Kier molecular flexibility index (Phi) is 3.36. The molecule has 0 aromatic heterocycles. The van der Waals surface area contributed by atoms with Crippen LogP contribution in [0, 0.1) is 5.92 Å². The average Bonchev–Trinajstić information content (AvgIpc) is 2.53. The molecule has 1 atom stereocenters. The number of anilines is 1. The maximum absolute atomic E-state index is 11.5. The number of hydrogen-bond donors (Lipinski definition) is 2. The van der Waals surface area contributed by atoms with Gasteiger partial charge in [-0.05, 0) is 37.5 Å². The van der Waals surface area contributed by atoms with Crippen molar-refractivity contribution in [2.45, 2.75) is 33.2 Å². The summed E-state index contributed by atoms with van der Waals surface area (Å²) in [6.07, 6.45) is 1.06. The lowest BCUT2D eigenvalue weighted by Gasteiger charge is -2.17. The molecule has 1 heterocycles. The second kappa shape index (κ2) is 4.80. The highest BCUT2D eigenvalue weighted by atomic mass is 16.2. The molecule has 4 heteroatoms. The molecular weight excluding hydrogens is 228 g/mol. The number of benzene rings is 1. The van der Waals surface area contributed by atoms with Gasteiger partial charge in [0.2, 0.25) is 0 Å². The van der Waals surface area contributed by atoms with Crippen molar-refractivity contribution < 1.29 is 9.59 Å². The van der Waals surface area contributed by atoms with Gasteiger partial charge in [0.05, 0.1) is 11.1 Å². The van der Waals surface area contributed by atoms with E-state index in [1.54, 1.807) is 12.1 Å². The van der Waals surface area contributed by atoms with Gasteiger partial charge in [-0.25, -0.2) is 0 Å². The first kappa shape index (κ1) is 12.6. The van der Waals surface area contributed by atoms with Crippen LogP contribution in [0.25, 0.3) is 0 Å². The fourth-order valence-corrected chi connectivity index (χ4v) is 2.31. The molecule has 2 rings (SSSR count). The molecule has 1 aliphatic heterocycles. The van der Waals surface area contributed by atoms with E-state index in [1.165, 1.54) is 0 Å². The van der Waals surface area contributed by atoms with Gasteiger partial charge in [0.15, 0.2) is 0 Å². The zero-order chi connectivity index (χ0) is 13.3. The minimum Gasteiger partial charge on any atom is -0.383 e. The molecule has 1 aromatic rings. The molecule has 0 bridgehead atoms. The van der Waals surface area contributed by atoms with Crippen molar-refractivity contribution in [2.24, 2.45) is 5.92 Å². The highest BCUT2D eigenvalue weighted by Gasteiger charge is 2.26. The lowest BCUT2D eigenvalue weighted by atomic mass is 10.0. The van der Waals surface area contributed by atoms with E-state index < -0.39 is 0 Å². The Balaban J connectivity index is 2.15. The van der Waals surface area contributed by atoms with Gasteiger partial charge in [0.1, 0.15) is 0 Å². The summed E-state index contributed by atoms with van der Waals surface area (Å²) in [7, 11) is 0. The Bertz CT molecular complexity index is 495. The Morgan fingerprint density at radius 2 is 1.78 bits per heavy atom. The highest BCUT2D eigenvalue weighted by Crippen LogP contribution is 2.21. The largest absolute Gasteiger partial charge is 0.383 e. The number of nitrogens with one attached hydrogen (secondary N) is 2. The third-order valence-electron chi connectivity index (χ3n) is 2.97. The summed E-state index contributed by atoms with van der Waals surface area (Å²) < 4.78 is 0. The van der Waals surface area contributed by atoms with Gasteiger partial charge >= 0.3 is 0 Å². The van der Waals surface area contributed by atoms with Crippen molar-refractivity contribution in [1.82, 2.24) is 5.32 Å². The maximum atomic E-state index is 11.5. The quantitative estimate of drug-likeness (QED) is 0.802. The van der Waals surface area contributed by atoms with E-state index in [0.717, 1.165) is 12.1 Å². The summed E-state index contributed by atoms with van der Waals surface area (Å²) in [6, 6.07) is 5.61. The van der Waals surface area contributed by atoms with E-state index >= 15 is 0 Å². The van der Waals surface area contributed by atoms with Gasteiger partial charge < -0.3 is 5.32 Å². The molecule has 0 aliphatic carbocycles. The lowest BCUT2D eigenvalue weighted by molar-refractivity contribution is 0.0879. The summed E-state index contributed by atoms with van der Waals surface area (Å²) in [5.41, 5.74) is 1.80. The van der Waals surface area contributed by atoms with E-state index in [-0.39, 0.29) is 11.8 Å². The minimum atomic E-state index is -0.310. The molecule has 1 aromatic carbocycles.